The van der Waals surface area contributed by atoms with E-state index in [0.717, 1.165) is 24.2 Å². The zero-order valence-corrected chi connectivity index (χ0v) is 14.6. The molecule has 0 unspecified atom stereocenters. The van der Waals surface area contributed by atoms with Crippen molar-refractivity contribution in [2.75, 3.05) is 32.7 Å². The molecular weight excluding hydrogens is 302 g/mol. The molecule has 0 aromatic heterocycles. The number of hydrogen-bond acceptors (Lipinski definition) is 3. The van der Waals surface area contributed by atoms with Crippen molar-refractivity contribution in [3.63, 3.8) is 0 Å². The molecule has 1 aliphatic heterocycles. The summed E-state index contributed by atoms with van der Waals surface area (Å²) in [4.78, 5) is 28.5. The van der Waals surface area contributed by atoms with Crippen LogP contribution in [0.5, 0.6) is 0 Å². The number of carbonyl (C=O) groups excluding carboxylic acids is 2. The van der Waals surface area contributed by atoms with Gasteiger partial charge >= 0.3 is 0 Å². The third kappa shape index (κ3) is 4.68. The second-order valence-electron chi connectivity index (χ2n) is 6.23. The third-order valence-corrected chi connectivity index (χ3v) is 4.62. The summed E-state index contributed by atoms with van der Waals surface area (Å²) in [7, 11) is 0. The molecule has 1 atom stereocenters. The Hall–Kier alpha value is -2.14. The molecule has 5 heteroatoms. The highest BCUT2D eigenvalue weighted by molar-refractivity contribution is 5.81. The molecule has 1 aromatic rings. The van der Waals surface area contributed by atoms with E-state index in [9.17, 15) is 9.59 Å². The zero-order chi connectivity index (χ0) is 17.5. The average Bonchev–Trinajstić information content (AvgIpc) is 2.61. The van der Waals surface area contributed by atoms with Crippen LogP contribution in [0, 0.1) is 6.92 Å². The molecular formula is C19H27N3O2. The summed E-state index contributed by atoms with van der Waals surface area (Å²) in [5, 5.41) is 2.82. The minimum absolute atomic E-state index is 0.00888. The van der Waals surface area contributed by atoms with E-state index in [2.05, 4.69) is 16.8 Å². The summed E-state index contributed by atoms with van der Waals surface area (Å²) in [5.41, 5.74) is 2.24. The van der Waals surface area contributed by atoms with Gasteiger partial charge in [0.05, 0.1) is 12.5 Å². The van der Waals surface area contributed by atoms with Crippen LogP contribution >= 0.6 is 0 Å². The Morgan fingerprint density at radius 2 is 1.92 bits per heavy atom. The van der Waals surface area contributed by atoms with Gasteiger partial charge in [-0.25, -0.2) is 0 Å². The van der Waals surface area contributed by atoms with Crippen LogP contribution in [0.25, 0.3) is 0 Å². The molecule has 1 saturated heterocycles. The van der Waals surface area contributed by atoms with Crippen LogP contribution in [-0.2, 0) is 16.0 Å². The van der Waals surface area contributed by atoms with Crippen LogP contribution in [-0.4, -0.2) is 60.4 Å². The summed E-state index contributed by atoms with van der Waals surface area (Å²) in [6, 6.07) is 7.82. The van der Waals surface area contributed by atoms with Crippen molar-refractivity contribution in [2.45, 2.75) is 26.3 Å². The fourth-order valence-electron chi connectivity index (χ4n) is 2.93. The van der Waals surface area contributed by atoms with E-state index < -0.39 is 0 Å². The molecule has 24 heavy (non-hydrogen) atoms. The second-order valence-corrected chi connectivity index (χ2v) is 6.23. The van der Waals surface area contributed by atoms with Gasteiger partial charge in [0, 0.05) is 32.7 Å². The van der Waals surface area contributed by atoms with Gasteiger partial charge in [-0.05, 0) is 25.0 Å². The Morgan fingerprint density at radius 1 is 1.25 bits per heavy atom. The van der Waals surface area contributed by atoms with E-state index in [1.165, 1.54) is 0 Å². The summed E-state index contributed by atoms with van der Waals surface area (Å²) < 4.78 is 0. The second kappa shape index (κ2) is 8.64. The van der Waals surface area contributed by atoms with E-state index in [1.54, 1.807) is 6.08 Å². The van der Waals surface area contributed by atoms with Gasteiger partial charge in [-0.3, -0.25) is 14.5 Å². The molecule has 5 nitrogen and oxygen atoms in total. The molecule has 1 N–H and O–H groups in total. The molecule has 130 valence electrons. The van der Waals surface area contributed by atoms with Crippen LogP contribution < -0.4 is 5.32 Å². The molecule has 1 heterocycles. The van der Waals surface area contributed by atoms with Crippen molar-refractivity contribution in [3.05, 3.63) is 48.0 Å². The van der Waals surface area contributed by atoms with Gasteiger partial charge < -0.3 is 10.2 Å². The summed E-state index contributed by atoms with van der Waals surface area (Å²) >= 11 is 0. The molecule has 2 amide bonds. The highest BCUT2D eigenvalue weighted by Crippen LogP contribution is 2.12. The van der Waals surface area contributed by atoms with Gasteiger partial charge in [-0.1, -0.05) is 30.3 Å². The fourth-order valence-corrected chi connectivity index (χ4v) is 2.93. The molecule has 1 aromatic carbocycles. The number of carbonyl (C=O) groups is 2. The van der Waals surface area contributed by atoms with E-state index in [-0.39, 0.29) is 17.9 Å². The summed E-state index contributed by atoms with van der Waals surface area (Å²) in [6.07, 6.45) is 2.12. The minimum atomic E-state index is -0.182. The van der Waals surface area contributed by atoms with Crippen molar-refractivity contribution in [1.82, 2.24) is 15.1 Å². The van der Waals surface area contributed by atoms with Crippen LogP contribution in [0.15, 0.2) is 36.9 Å². The Morgan fingerprint density at radius 3 is 2.54 bits per heavy atom. The van der Waals surface area contributed by atoms with Crippen LogP contribution in [0.4, 0.5) is 0 Å². The SMILES string of the molecule is C=CCNC(=O)[C@@H](C)N1CCN(C(=O)Cc2ccccc2C)CC1. The molecule has 2 rings (SSSR count). The van der Waals surface area contributed by atoms with Crippen LogP contribution in [0.1, 0.15) is 18.1 Å². The quantitative estimate of drug-likeness (QED) is 0.802. The number of nitrogens with one attached hydrogen (secondary N) is 1. The molecule has 1 fully saturated rings. The number of benzene rings is 1. The Kier molecular flexibility index (Phi) is 6.55. The van der Waals surface area contributed by atoms with Gasteiger partial charge in [0.15, 0.2) is 0 Å². The molecule has 0 radical (unpaired) electrons. The monoisotopic (exact) mass is 329 g/mol. The normalized spacial score (nSPS) is 16.5. The maximum atomic E-state index is 12.5. The van der Waals surface area contributed by atoms with E-state index >= 15 is 0 Å². The fraction of sp³-hybridized carbons (Fsp3) is 0.474. The topological polar surface area (TPSA) is 52.7 Å². The standard InChI is InChI=1S/C19H27N3O2/c1-4-9-20-19(24)16(3)21-10-12-22(13-11-21)18(23)14-17-8-6-5-7-15(17)2/h4-8,16H,1,9-14H2,2-3H3,(H,20,24)/t16-/m1/s1. The number of hydrogen-bond donors (Lipinski definition) is 1. The highest BCUT2D eigenvalue weighted by atomic mass is 16.2. The Balaban J connectivity index is 1.83. The lowest BCUT2D eigenvalue weighted by molar-refractivity contribution is -0.133. The van der Waals surface area contributed by atoms with Gasteiger partial charge in [-0.2, -0.15) is 0 Å². The number of amides is 2. The highest BCUT2D eigenvalue weighted by Gasteiger charge is 2.27. The van der Waals surface area contributed by atoms with E-state index in [1.807, 2.05) is 43.0 Å². The first-order chi connectivity index (χ1) is 11.5. The molecule has 0 aliphatic carbocycles. The smallest absolute Gasteiger partial charge is 0.237 e. The largest absolute Gasteiger partial charge is 0.351 e. The predicted molar refractivity (Wildman–Crippen MR) is 95.7 cm³/mol. The molecule has 0 bridgehead atoms. The van der Waals surface area contributed by atoms with E-state index in [4.69, 9.17) is 0 Å². The first kappa shape index (κ1) is 18.2. The third-order valence-electron chi connectivity index (χ3n) is 4.62. The first-order valence-electron chi connectivity index (χ1n) is 8.48. The van der Waals surface area contributed by atoms with Gasteiger partial charge in [0.25, 0.3) is 0 Å². The van der Waals surface area contributed by atoms with Crippen LogP contribution in [0.3, 0.4) is 0 Å². The van der Waals surface area contributed by atoms with Crippen molar-refractivity contribution in [2.24, 2.45) is 0 Å². The summed E-state index contributed by atoms with van der Waals surface area (Å²) in [5.74, 6) is 0.169. The van der Waals surface area contributed by atoms with Gasteiger partial charge in [0.1, 0.15) is 0 Å². The Labute approximate surface area is 144 Å². The number of nitrogens with zero attached hydrogens (tertiary/aromatic N) is 2. The maximum Gasteiger partial charge on any atom is 0.237 e. The Bertz CT molecular complexity index is 592. The lowest BCUT2D eigenvalue weighted by atomic mass is 10.1. The molecule has 0 spiro atoms. The average molecular weight is 329 g/mol. The van der Waals surface area contributed by atoms with E-state index in [0.29, 0.717) is 26.1 Å². The van der Waals surface area contributed by atoms with Crippen LogP contribution in [0.2, 0.25) is 0 Å². The van der Waals surface area contributed by atoms with Crippen molar-refractivity contribution in [3.8, 4) is 0 Å². The predicted octanol–water partition coefficient (Wildman–Crippen LogP) is 1.37. The number of rotatable bonds is 6. The lowest BCUT2D eigenvalue weighted by Gasteiger charge is -2.37. The van der Waals surface area contributed by atoms with Crippen molar-refractivity contribution in [1.29, 1.82) is 0 Å². The zero-order valence-electron chi connectivity index (χ0n) is 14.6. The summed E-state index contributed by atoms with van der Waals surface area (Å²) in [6.45, 7) is 10.8. The molecule has 1 aliphatic rings. The maximum absolute atomic E-state index is 12.5. The van der Waals surface area contributed by atoms with Gasteiger partial charge in [0.2, 0.25) is 11.8 Å². The first-order valence-corrected chi connectivity index (χ1v) is 8.48. The van der Waals surface area contributed by atoms with Crippen molar-refractivity contribution >= 4 is 11.8 Å². The minimum Gasteiger partial charge on any atom is -0.351 e. The number of aryl methyl sites for hydroxylation is 1. The molecule has 0 saturated carbocycles. The van der Waals surface area contributed by atoms with Gasteiger partial charge in [-0.15, -0.1) is 6.58 Å². The lowest BCUT2D eigenvalue weighted by Crippen LogP contribution is -2.55. The number of piperazine rings is 1. The van der Waals surface area contributed by atoms with Crippen molar-refractivity contribution < 1.29 is 9.59 Å².